The molecule has 0 fully saturated rings. The number of para-hydroxylation sites is 1. The lowest BCUT2D eigenvalue weighted by molar-refractivity contribution is 0.0698. The van der Waals surface area contributed by atoms with E-state index in [1.807, 2.05) is 0 Å². The van der Waals surface area contributed by atoms with Gasteiger partial charge in [-0.2, -0.15) is 0 Å². The SMILES string of the molecule is CCN(NC)C(=O)Nc1ccccc1C(=O)O. The number of nitrogens with one attached hydrogen (secondary N) is 2. The topological polar surface area (TPSA) is 81.7 Å². The van der Waals surface area contributed by atoms with Crippen LogP contribution in [0, 0.1) is 0 Å². The zero-order valence-corrected chi connectivity index (χ0v) is 9.73. The number of nitrogens with zero attached hydrogens (tertiary/aromatic N) is 1. The molecule has 0 aliphatic carbocycles. The van der Waals surface area contributed by atoms with Gasteiger partial charge in [0.1, 0.15) is 0 Å². The van der Waals surface area contributed by atoms with Gasteiger partial charge in [-0.25, -0.2) is 15.0 Å². The summed E-state index contributed by atoms with van der Waals surface area (Å²) in [5.74, 6) is -1.08. The molecule has 1 rings (SSSR count). The van der Waals surface area contributed by atoms with E-state index in [1.165, 1.54) is 11.1 Å². The van der Waals surface area contributed by atoms with E-state index in [9.17, 15) is 9.59 Å². The van der Waals surface area contributed by atoms with Gasteiger partial charge in [0.25, 0.3) is 0 Å². The van der Waals surface area contributed by atoms with Crippen LogP contribution in [0.2, 0.25) is 0 Å². The summed E-state index contributed by atoms with van der Waals surface area (Å²) in [6.07, 6.45) is 0. The van der Waals surface area contributed by atoms with Gasteiger partial charge in [0.05, 0.1) is 11.3 Å². The number of aromatic carboxylic acids is 1. The van der Waals surface area contributed by atoms with Crippen molar-refractivity contribution >= 4 is 17.7 Å². The summed E-state index contributed by atoms with van der Waals surface area (Å²) >= 11 is 0. The van der Waals surface area contributed by atoms with Crippen molar-refractivity contribution in [2.75, 3.05) is 18.9 Å². The van der Waals surface area contributed by atoms with E-state index >= 15 is 0 Å². The number of rotatable bonds is 4. The number of hydrogen-bond acceptors (Lipinski definition) is 3. The van der Waals surface area contributed by atoms with Gasteiger partial charge in [-0.3, -0.25) is 5.01 Å². The quantitative estimate of drug-likeness (QED) is 0.691. The molecule has 92 valence electrons. The van der Waals surface area contributed by atoms with Crippen LogP contribution in [-0.4, -0.2) is 35.7 Å². The second-order valence-corrected chi connectivity index (χ2v) is 3.25. The summed E-state index contributed by atoms with van der Waals surface area (Å²) in [7, 11) is 1.62. The van der Waals surface area contributed by atoms with Crippen molar-refractivity contribution < 1.29 is 14.7 Å². The number of carbonyl (C=O) groups is 2. The second-order valence-electron chi connectivity index (χ2n) is 3.25. The maximum atomic E-state index is 11.7. The lowest BCUT2D eigenvalue weighted by atomic mass is 10.2. The summed E-state index contributed by atoms with van der Waals surface area (Å²) < 4.78 is 0. The van der Waals surface area contributed by atoms with Gasteiger partial charge in [-0.1, -0.05) is 12.1 Å². The van der Waals surface area contributed by atoms with Crippen molar-refractivity contribution in [3.63, 3.8) is 0 Å². The highest BCUT2D eigenvalue weighted by Crippen LogP contribution is 2.15. The van der Waals surface area contributed by atoms with Gasteiger partial charge in [0.15, 0.2) is 0 Å². The van der Waals surface area contributed by atoms with Gasteiger partial charge < -0.3 is 10.4 Å². The average molecular weight is 237 g/mol. The third kappa shape index (κ3) is 3.18. The van der Waals surface area contributed by atoms with Crippen LogP contribution in [0.1, 0.15) is 17.3 Å². The van der Waals surface area contributed by atoms with Gasteiger partial charge in [-0.15, -0.1) is 0 Å². The molecule has 1 aromatic carbocycles. The average Bonchev–Trinajstić information content (AvgIpc) is 2.31. The Labute approximate surface area is 99.2 Å². The number of carboxylic acid groups (broad SMARTS) is 1. The molecule has 0 unspecified atom stereocenters. The fraction of sp³-hybridized carbons (Fsp3) is 0.273. The van der Waals surface area contributed by atoms with Crippen LogP contribution < -0.4 is 10.7 Å². The monoisotopic (exact) mass is 237 g/mol. The fourth-order valence-corrected chi connectivity index (χ4v) is 1.36. The lowest BCUT2D eigenvalue weighted by Crippen LogP contribution is -2.43. The Hall–Kier alpha value is -2.08. The van der Waals surface area contributed by atoms with E-state index in [-0.39, 0.29) is 11.3 Å². The first-order valence-electron chi connectivity index (χ1n) is 5.18. The minimum Gasteiger partial charge on any atom is -0.478 e. The van der Waals surface area contributed by atoms with Crippen LogP contribution in [-0.2, 0) is 0 Å². The molecule has 0 aromatic heterocycles. The van der Waals surface area contributed by atoms with E-state index in [1.54, 1.807) is 32.2 Å². The van der Waals surface area contributed by atoms with Crippen LogP contribution in [0.5, 0.6) is 0 Å². The van der Waals surface area contributed by atoms with Gasteiger partial charge in [0.2, 0.25) is 0 Å². The van der Waals surface area contributed by atoms with E-state index in [0.29, 0.717) is 6.54 Å². The normalized spacial score (nSPS) is 9.76. The Kier molecular flexibility index (Phi) is 4.47. The predicted octanol–water partition coefficient (Wildman–Crippen LogP) is 1.37. The fourth-order valence-electron chi connectivity index (χ4n) is 1.36. The molecule has 0 bridgehead atoms. The molecule has 0 heterocycles. The van der Waals surface area contributed by atoms with Gasteiger partial charge in [-0.05, 0) is 19.1 Å². The smallest absolute Gasteiger partial charge is 0.337 e. The molecule has 6 nitrogen and oxygen atoms in total. The largest absolute Gasteiger partial charge is 0.478 e. The van der Waals surface area contributed by atoms with Crippen LogP contribution in [0.15, 0.2) is 24.3 Å². The maximum absolute atomic E-state index is 11.7. The first kappa shape index (κ1) is 13.0. The summed E-state index contributed by atoms with van der Waals surface area (Å²) in [5, 5.41) is 12.8. The van der Waals surface area contributed by atoms with Crippen molar-refractivity contribution in [1.29, 1.82) is 0 Å². The Morgan fingerprint density at radius 1 is 1.35 bits per heavy atom. The zero-order valence-electron chi connectivity index (χ0n) is 9.73. The van der Waals surface area contributed by atoms with E-state index in [2.05, 4.69) is 10.7 Å². The van der Waals surface area contributed by atoms with Crippen LogP contribution in [0.3, 0.4) is 0 Å². The molecule has 3 N–H and O–H groups in total. The molecule has 0 spiro atoms. The van der Waals surface area contributed by atoms with Crippen molar-refractivity contribution in [2.45, 2.75) is 6.92 Å². The Balaban J connectivity index is 2.88. The summed E-state index contributed by atoms with van der Waals surface area (Å²) in [6.45, 7) is 2.27. The molecule has 0 saturated heterocycles. The number of hydrazine groups is 1. The molecule has 17 heavy (non-hydrogen) atoms. The minimum atomic E-state index is -1.08. The molecule has 1 aromatic rings. The number of amides is 2. The summed E-state index contributed by atoms with van der Waals surface area (Å²) in [4.78, 5) is 22.6. The number of hydrogen-bond donors (Lipinski definition) is 3. The summed E-state index contributed by atoms with van der Waals surface area (Å²) in [6, 6.07) is 5.86. The molecule has 6 heteroatoms. The third-order valence-corrected chi connectivity index (χ3v) is 2.23. The molecule has 2 amide bonds. The number of carboxylic acids is 1. The first-order valence-corrected chi connectivity index (χ1v) is 5.18. The predicted molar refractivity (Wildman–Crippen MR) is 63.9 cm³/mol. The minimum absolute atomic E-state index is 0.0630. The van der Waals surface area contributed by atoms with Crippen LogP contribution >= 0.6 is 0 Å². The highest BCUT2D eigenvalue weighted by molar-refractivity contribution is 5.99. The van der Waals surface area contributed by atoms with Crippen LogP contribution in [0.25, 0.3) is 0 Å². The second kappa shape index (κ2) is 5.86. The maximum Gasteiger partial charge on any atom is 0.337 e. The molecule has 0 atom stereocenters. The molecule has 0 aliphatic heterocycles. The molecule has 0 radical (unpaired) electrons. The molecule has 0 saturated carbocycles. The Morgan fingerprint density at radius 3 is 2.53 bits per heavy atom. The highest BCUT2D eigenvalue weighted by Gasteiger charge is 2.14. The lowest BCUT2D eigenvalue weighted by Gasteiger charge is -2.20. The van der Waals surface area contributed by atoms with Crippen molar-refractivity contribution in [2.24, 2.45) is 0 Å². The number of urea groups is 1. The van der Waals surface area contributed by atoms with E-state index < -0.39 is 12.0 Å². The third-order valence-electron chi connectivity index (χ3n) is 2.23. The molecular formula is C11H15N3O3. The van der Waals surface area contributed by atoms with Crippen molar-refractivity contribution in [3.8, 4) is 0 Å². The zero-order chi connectivity index (χ0) is 12.8. The first-order chi connectivity index (χ1) is 8.10. The van der Waals surface area contributed by atoms with Crippen LogP contribution in [0.4, 0.5) is 10.5 Å². The summed E-state index contributed by atoms with van der Waals surface area (Å²) in [5.41, 5.74) is 3.03. The molecular weight excluding hydrogens is 222 g/mol. The van der Waals surface area contributed by atoms with E-state index in [0.717, 1.165) is 0 Å². The van der Waals surface area contributed by atoms with Gasteiger partial charge >= 0.3 is 12.0 Å². The van der Waals surface area contributed by atoms with Crippen molar-refractivity contribution in [3.05, 3.63) is 29.8 Å². The Bertz CT molecular complexity index is 416. The molecule has 0 aliphatic rings. The van der Waals surface area contributed by atoms with E-state index in [4.69, 9.17) is 5.11 Å². The highest BCUT2D eigenvalue weighted by atomic mass is 16.4. The van der Waals surface area contributed by atoms with Crippen molar-refractivity contribution in [1.82, 2.24) is 10.4 Å². The Morgan fingerprint density at radius 2 is 2.00 bits per heavy atom. The number of carbonyl (C=O) groups excluding carboxylic acids is 1. The number of benzene rings is 1. The van der Waals surface area contributed by atoms with Gasteiger partial charge in [0, 0.05) is 13.6 Å². The standard InChI is InChI=1S/C11H15N3O3/c1-3-14(12-2)11(17)13-9-7-5-4-6-8(9)10(15)16/h4-7,12H,3H2,1-2H3,(H,13,17)(H,15,16). The number of anilines is 1.